The van der Waals surface area contributed by atoms with Gasteiger partial charge in [0.05, 0.1) is 0 Å². The summed E-state index contributed by atoms with van der Waals surface area (Å²) in [4.78, 5) is 38.3. The maximum Gasteiger partial charge on any atom is 0.303 e. The molecule has 0 aliphatic carbocycles. The van der Waals surface area contributed by atoms with Gasteiger partial charge in [0.15, 0.2) is 18.4 Å². The topological polar surface area (TPSA) is 143 Å². The Morgan fingerprint density at radius 1 is 1.28 bits per heavy atom. The van der Waals surface area contributed by atoms with Crippen molar-refractivity contribution in [3.05, 3.63) is 12.2 Å². The zero-order valence-electron chi connectivity index (χ0n) is 15.9. The van der Waals surface area contributed by atoms with E-state index in [9.17, 15) is 14.4 Å². The Morgan fingerprint density at radius 3 is 2.56 bits per heavy atom. The summed E-state index contributed by atoms with van der Waals surface area (Å²) >= 11 is 0. The van der Waals surface area contributed by atoms with E-state index in [1.54, 1.807) is 6.07 Å². The molecule has 0 aromatic carbocycles. The molecule has 1 aromatic heterocycles. The number of aromatic nitrogens is 3. The summed E-state index contributed by atoms with van der Waals surface area (Å²) in [5.41, 5.74) is 0. The maximum atomic E-state index is 11.7. The van der Waals surface area contributed by atoms with E-state index in [0.29, 0.717) is 0 Å². The maximum absolute atomic E-state index is 11.7. The summed E-state index contributed by atoms with van der Waals surface area (Å²) in [6.45, 7) is -2.51. The second-order valence-electron chi connectivity index (χ2n) is 4.82. The molecule has 2 heterocycles. The van der Waals surface area contributed by atoms with E-state index in [4.69, 9.17) is 28.3 Å². The van der Waals surface area contributed by atoms with Crippen molar-refractivity contribution in [3.8, 4) is 6.07 Å². The lowest BCUT2D eigenvalue weighted by atomic mass is 10.1. The number of esters is 3. The first kappa shape index (κ1) is 14.4. The van der Waals surface area contributed by atoms with Gasteiger partial charge in [0.2, 0.25) is 0 Å². The van der Waals surface area contributed by atoms with Crippen LogP contribution in [0, 0.1) is 11.3 Å². The fourth-order valence-electron chi connectivity index (χ4n) is 2.25. The standard InChI is InChI=1S/C14H16N4O7/c1-7(19)22-5-10-12(23-8(2)20)13(24-9(3)21)14(25-10)18-6-16-11(4-15)17-18/h6,10,12-14H,5H2,1-3H3/t10-,12-,13-,14?/m1/s1/i1D,2D,3D. The molecule has 0 N–H and O–H groups in total. The van der Waals surface area contributed by atoms with E-state index in [1.807, 2.05) is 0 Å². The zero-order valence-corrected chi connectivity index (χ0v) is 12.9. The van der Waals surface area contributed by atoms with Crippen LogP contribution in [0.5, 0.6) is 0 Å². The van der Waals surface area contributed by atoms with E-state index < -0.39 is 69.8 Å². The molecule has 11 nitrogen and oxygen atoms in total. The molecule has 25 heavy (non-hydrogen) atoms. The van der Waals surface area contributed by atoms with Gasteiger partial charge < -0.3 is 18.9 Å². The normalized spacial score (nSPS) is 26.6. The molecule has 0 amide bonds. The molecule has 0 spiro atoms. The van der Waals surface area contributed by atoms with Crippen LogP contribution in [0.15, 0.2) is 6.33 Å². The fourth-order valence-corrected chi connectivity index (χ4v) is 2.25. The molecule has 1 aliphatic heterocycles. The molecule has 0 saturated carbocycles. The number of rotatable bonds is 5. The summed E-state index contributed by atoms with van der Waals surface area (Å²) < 4.78 is 43.0. The van der Waals surface area contributed by atoms with Gasteiger partial charge in [-0.2, -0.15) is 5.26 Å². The number of nitrogens with zero attached hydrogens (tertiary/aromatic N) is 4. The quantitative estimate of drug-likeness (QED) is 0.499. The Hall–Kier alpha value is -3.00. The third-order valence-corrected chi connectivity index (χ3v) is 3.10. The van der Waals surface area contributed by atoms with Crippen molar-refractivity contribution in [1.29, 1.82) is 5.26 Å². The Morgan fingerprint density at radius 2 is 1.96 bits per heavy atom. The highest BCUT2D eigenvalue weighted by Gasteiger charge is 2.51. The van der Waals surface area contributed by atoms with Gasteiger partial charge >= 0.3 is 17.9 Å². The van der Waals surface area contributed by atoms with Crippen molar-refractivity contribution in [1.82, 2.24) is 14.8 Å². The Balaban J connectivity index is 2.32. The van der Waals surface area contributed by atoms with Crippen molar-refractivity contribution in [2.45, 2.75) is 45.2 Å². The Bertz CT molecular complexity index is 768. The van der Waals surface area contributed by atoms with Crippen LogP contribution in [0.2, 0.25) is 0 Å². The van der Waals surface area contributed by atoms with Crippen LogP contribution in [0.3, 0.4) is 0 Å². The van der Waals surface area contributed by atoms with E-state index in [-0.39, 0.29) is 5.82 Å². The van der Waals surface area contributed by atoms with Crippen LogP contribution in [-0.2, 0) is 33.3 Å². The summed E-state index contributed by atoms with van der Waals surface area (Å²) in [6.07, 6.45) is -3.78. The van der Waals surface area contributed by atoms with Gasteiger partial charge in [-0.3, -0.25) is 14.4 Å². The minimum atomic E-state index is -1.30. The molecular formula is C14H16N4O7. The number of ether oxygens (including phenoxy) is 4. The van der Waals surface area contributed by atoms with Gasteiger partial charge in [-0.1, -0.05) is 0 Å². The molecule has 134 valence electrons. The molecule has 11 heteroatoms. The number of carbonyl (C=O) groups excluding carboxylic acids is 3. The third-order valence-electron chi connectivity index (χ3n) is 3.10. The van der Waals surface area contributed by atoms with Crippen molar-refractivity contribution >= 4 is 17.9 Å². The van der Waals surface area contributed by atoms with Crippen LogP contribution < -0.4 is 0 Å². The van der Waals surface area contributed by atoms with Crippen LogP contribution in [0.25, 0.3) is 0 Å². The fraction of sp³-hybridized carbons (Fsp3) is 0.571. The summed E-state index contributed by atoms with van der Waals surface area (Å²) in [7, 11) is 0. The Kier molecular flexibility index (Phi) is 4.43. The second kappa shape index (κ2) is 7.71. The van der Waals surface area contributed by atoms with Gasteiger partial charge in [-0.15, -0.1) is 5.10 Å². The largest absolute Gasteiger partial charge is 0.463 e. The van der Waals surface area contributed by atoms with Gasteiger partial charge in [-0.25, -0.2) is 9.67 Å². The SMILES string of the molecule is [2H]CC(=O)OC[C@H]1OC(n2cnc(C#N)n2)[C@H](OC(=O)C[2H])[C@@H]1OC(=O)C[2H]. The van der Waals surface area contributed by atoms with Crippen molar-refractivity contribution in [3.63, 3.8) is 0 Å². The first-order chi connectivity index (χ1) is 13.4. The van der Waals surface area contributed by atoms with Crippen molar-refractivity contribution in [2.24, 2.45) is 0 Å². The lowest BCUT2D eigenvalue weighted by Gasteiger charge is -2.23. The summed E-state index contributed by atoms with van der Waals surface area (Å²) in [6, 6.07) is 1.71. The molecule has 0 bridgehead atoms. The van der Waals surface area contributed by atoms with Crippen molar-refractivity contribution < 1.29 is 37.4 Å². The molecule has 1 unspecified atom stereocenters. The molecule has 1 fully saturated rings. The van der Waals surface area contributed by atoms with E-state index >= 15 is 0 Å². The highest BCUT2D eigenvalue weighted by atomic mass is 16.7. The molecule has 1 saturated heterocycles. The second-order valence-corrected chi connectivity index (χ2v) is 4.82. The number of hydrogen-bond donors (Lipinski definition) is 0. The predicted octanol–water partition coefficient (Wildman–Crippen LogP) is -0.526. The smallest absolute Gasteiger partial charge is 0.303 e. The summed E-state index contributed by atoms with van der Waals surface area (Å²) in [5, 5.41) is 12.7. The highest BCUT2D eigenvalue weighted by Crippen LogP contribution is 2.33. The lowest BCUT2D eigenvalue weighted by molar-refractivity contribution is -0.166. The molecule has 1 aliphatic rings. The zero-order chi connectivity index (χ0) is 20.7. The lowest BCUT2D eigenvalue weighted by Crippen LogP contribution is -2.40. The van der Waals surface area contributed by atoms with Gasteiger partial charge in [0.25, 0.3) is 5.82 Å². The molecule has 1 aromatic rings. The summed E-state index contributed by atoms with van der Waals surface area (Å²) in [5.74, 6) is -2.95. The van der Waals surface area contributed by atoms with Crippen LogP contribution >= 0.6 is 0 Å². The van der Waals surface area contributed by atoms with E-state index in [1.165, 1.54) is 0 Å². The van der Waals surface area contributed by atoms with E-state index in [2.05, 4.69) is 10.1 Å². The average molecular weight is 355 g/mol. The van der Waals surface area contributed by atoms with Gasteiger partial charge in [0, 0.05) is 24.8 Å². The first-order valence-electron chi connectivity index (χ1n) is 8.94. The number of nitriles is 1. The average Bonchev–Trinajstić information content (AvgIpc) is 3.31. The highest BCUT2D eigenvalue weighted by molar-refractivity contribution is 5.67. The van der Waals surface area contributed by atoms with Gasteiger partial charge in [0.1, 0.15) is 25.1 Å². The molecule has 2 rings (SSSR count). The van der Waals surface area contributed by atoms with Gasteiger partial charge in [-0.05, 0) is 0 Å². The monoisotopic (exact) mass is 355 g/mol. The van der Waals surface area contributed by atoms with Crippen LogP contribution in [-0.4, -0.2) is 57.6 Å². The minimum absolute atomic E-state index is 0.196. The number of carbonyl (C=O) groups is 3. The minimum Gasteiger partial charge on any atom is -0.463 e. The first-order valence-corrected chi connectivity index (χ1v) is 6.82. The third kappa shape index (κ3) is 4.51. The van der Waals surface area contributed by atoms with Crippen LogP contribution in [0.4, 0.5) is 0 Å². The molecular weight excluding hydrogens is 336 g/mol. The number of hydrogen-bond acceptors (Lipinski definition) is 10. The molecule has 0 radical (unpaired) electrons. The molecule has 4 atom stereocenters. The van der Waals surface area contributed by atoms with Crippen LogP contribution in [0.1, 0.15) is 36.9 Å². The predicted molar refractivity (Wildman–Crippen MR) is 76.4 cm³/mol. The Labute approximate surface area is 146 Å². The van der Waals surface area contributed by atoms with E-state index in [0.717, 1.165) is 11.0 Å². The van der Waals surface area contributed by atoms with Crippen molar-refractivity contribution in [2.75, 3.05) is 6.61 Å².